The van der Waals surface area contributed by atoms with Crippen molar-refractivity contribution in [1.29, 1.82) is 0 Å². The summed E-state index contributed by atoms with van der Waals surface area (Å²) in [6, 6.07) is 17.8. The van der Waals surface area contributed by atoms with Crippen LogP contribution < -0.4 is 4.72 Å². The fraction of sp³-hybridized carbons (Fsp3) is 0.575. The van der Waals surface area contributed by atoms with E-state index < -0.39 is 38.5 Å². The normalized spacial score (nSPS) is 19.4. The molecule has 52 heavy (non-hydrogen) atoms. The SMILES string of the molecule is CC(C)(C)[S+]([O-])N[C@@](O)(c1cccc(-c2ccc3cnn(-c4cccc(CO[Si](C)(C)C(C)(C)C)n4)c3c2)n1)C1CC(CO[Si](C)(C)C(C)(C)C)C1. The number of nitrogens with one attached hydrogen (secondary N) is 1. The first-order valence-corrected chi connectivity index (χ1v) is 25.5. The van der Waals surface area contributed by atoms with E-state index in [1.807, 2.05) is 80.2 Å². The van der Waals surface area contributed by atoms with Gasteiger partial charge in [-0.1, -0.05) is 65.8 Å². The van der Waals surface area contributed by atoms with Crippen LogP contribution in [0.3, 0.4) is 0 Å². The molecular formula is C40H61N5O4SSi2. The Bertz CT molecular complexity index is 1860. The minimum Gasteiger partial charge on any atom is -0.598 e. The van der Waals surface area contributed by atoms with E-state index in [4.69, 9.17) is 23.9 Å². The maximum atomic E-state index is 13.5. The standard InChI is InChI=1S/C40H61N5O4SSi2/c1-37(2,3)50(47)44-40(46,31-22-28(23-31)26-48-51(10,11)38(4,5)6)35-18-15-17-33(43-35)29-20-21-30-25-41-45(34(30)24-29)36-19-14-16-32(42-36)27-49-52(12,13)39(7,8)9/h14-21,24-25,28,31,44,46H,22-23,26-27H2,1-13H3/t28?,31?,40-,50?/m0/s1. The molecule has 1 aliphatic carbocycles. The van der Waals surface area contributed by atoms with Crippen LogP contribution in [0.5, 0.6) is 0 Å². The van der Waals surface area contributed by atoms with E-state index in [0.29, 0.717) is 36.3 Å². The number of fused-ring (bicyclic) bond motifs is 1. The average Bonchev–Trinajstić information content (AvgIpc) is 3.45. The summed E-state index contributed by atoms with van der Waals surface area (Å²) in [6.45, 7) is 29.3. The molecule has 284 valence electrons. The zero-order valence-electron chi connectivity index (χ0n) is 33.6. The van der Waals surface area contributed by atoms with Crippen LogP contribution in [-0.2, 0) is 32.5 Å². The van der Waals surface area contributed by atoms with Gasteiger partial charge >= 0.3 is 0 Å². The Morgan fingerprint density at radius 3 is 2.13 bits per heavy atom. The van der Waals surface area contributed by atoms with Crippen molar-refractivity contribution in [1.82, 2.24) is 24.5 Å². The van der Waals surface area contributed by atoms with Gasteiger partial charge in [-0.05, 0) is 106 Å². The van der Waals surface area contributed by atoms with E-state index in [1.165, 1.54) is 0 Å². The second-order valence-corrected chi connectivity index (χ2v) is 30.2. The van der Waals surface area contributed by atoms with Crippen molar-refractivity contribution >= 4 is 38.9 Å². The molecule has 0 aliphatic heterocycles. The first-order chi connectivity index (χ1) is 23.9. The summed E-state index contributed by atoms with van der Waals surface area (Å²) in [5.41, 5.74) is 2.22. The van der Waals surface area contributed by atoms with Crippen molar-refractivity contribution in [2.75, 3.05) is 6.61 Å². The van der Waals surface area contributed by atoms with Crippen LogP contribution in [0.1, 0.15) is 86.5 Å². The highest BCUT2D eigenvalue weighted by molar-refractivity contribution is 7.90. The lowest BCUT2D eigenvalue weighted by molar-refractivity contribution is -0.0960. The predicted octanol–water partition coefficient (Wildman–Crippen LogP) is 9.25. The summed E-state index contributed by atoms with van der Waals surface area (Å²) < 4.78 is 30.9. The van der Waals surface area contributed by atoms with Crippen LogP contribution in [0.4, 0.5) is 0 Å². The smallest absolute Gasteiger partial charge is 0.203 e. The van der Waals surface area contributed by atoms with Crippen molar-refractivity contribution in [3.8, 4) is 17.1 Å². The molecular weight excluding hydrogens is 703 g/mol. The van der Waals surface area contributed by atoms with Gasteiger partial charge in [-0.3, -0.25) is 0 Å². The molecule has 3 heterocycles. The highest BCUT2D eigenvalue weighted by atomic mass is 32.2. The quantitative estimate of drug-likeness (QED) is 0.0834. The molecule has 1 unspecified atom stereocenters. The molecule has 12 heteroatoms. The number of pyridine rings is 2. The van der Waals surface area contributed by atoms with Gasteiger partial charge in [0, 0.05) is 34.8 Å². The Balaban J connectivity index is 1.42. The fourth-order valence-corrected chi connectivity index (χ4v) is 8.59. The summed E-state index contributed by atoms with van der Waals surface area (Å²) >= 11 is -1.53. The third-order valence-corrected chi connectivity index (χ3v) is 22.1. The maximum Gasteiger partial charge on any atom is 0.203 e. The molecule has 1 saturated carbocycles. The summed E-state index contributed by atoms with van der Waals surface area (Å²) in [6.07, 6.45) is 3.35. The highest BCUT2D eigenvalue weighted by Gasteiger charge is 2.52. The lowest BCUT2D eigenvalue weighted by atomic mass is 9.69. The van der Waals surface area contributed by atoms with Gasteiger partial charge < -0.3 is 18.5 Å². The van der Waals surface area contributed by atoms with Gasteiger partial charge in [0.05, 0.1) is 35.4 Å². The molecule has 0 spiro atoms. The molecule has 0 amide bonds. The molecule has 0 bridgehead atoms. The topological polar surface area (TPSA) is 117 Å². The summed E-state index contributed by atoms with van der Waals surface area (Å²) in [5, 5.41) is 18.4. The summed E-state index contributed by atoms with van der Waals surface area (Å²) in [7, 11) is -3.83. The molecule has 9 nitrogen and oxygen atoms in total. The Hall–Kier alpha value is -2.43. The molecule has 1 fully saturated rings. The van der Waals surface area contributed by atoms with Crippen LogP contribution in [0.15, 0.2) is 60.8 Å². The summed E-state index contributed by atoms with van der Waals surface area (Å²) in [4.78, 5) is 9.97. The third kappa shape index (κ3) is 8.75. The predicted molar refractivity (Wildman–Crippen MR) is 218 cm³/mol. The zero-order chi connectivity index (χ0) is 38.5. The second kappa shape index (κ2) is 14.7. The van der Waals surface area contributed by atoms with E-state index in [-0.39, 0.29) is 16.0 Å². The Morgan fingerprint density at radius 1 is 0.865 bits per heavy atom. The number of rotatable bonds is 12. The van der Waals surface area contributed by atoms with E-state index >= 15 is 0 Å². The van der Waals surface area contributed by atoms with Crippen molar-refractivity contribution in [2.45, 2.75) is 128 Å². The first-order valence-electron chi connectivity index (χ1n) is 18.5. The van der Waals surface area contributed by atoms with Crippen molar-refractivity contribution < 1.29 is 18.5 Å². The van der Waals surface area contributed by atoms with Gasteiger partial charge in [0.15, 0.2) is 22.5 Å². The molecule has 4 aromatic rings. The van der Waals surface area contributed by atoms with Gasteiger partial charge in [0.2, 0.25) is 5.72 Å². The second-order valence-electron chi connectivity index (χ2n) is 18.6. The number of aromatic nitrogens is 4. The van der Waals surface area contributed by atoms with Gasteiger partial charge in [-0.2, -0.15) is 5.10 Å². The fourth-order valence-electron chi connectivity index (χ4n) is 5.70. The minimum absolute atomic E-state index is 0.111. The van der Waals surface area contributed by atoms with Gasteiger partial charge in [-0.25, -0.2) is 14.6 Å². The lowest BCUT2D eigenvalue weighted by Crippen LogP contribution is -2.58. The van der Waals surface area contributed by atoms with E-state index in [1.54, 1.807) is 0 Å². The van der Waals surface area contributed by atoms with Crippen molar-refractivity contribution in [3.63, 3.8) is 0 Å². The van der Waals surface area contributed by atoms with Crippen LogP contribution in [-0.4, -0.2) is 57.4 Å². The Morgan fingerprint density at radius 2 is 1.50 bits per heavy atom. The zero-order valence-corrected chi connectivity index (χ0v) is 36.4. The Kier molecular flexibility index (Phi) is 11.5. The van der Waals surface area contributed by atoms with E-state index in [2.05, 4.69) is 78.5 Å². The number of nitrogens with zero attached hydrogens (tertiary/aromatic N) is 4. The van der Waals surface area contributed by atoms with Gasteiger partial charge in [0.25, 0.3) is 0 Å². The monoisotopic (exact) mass is 763 g/mol. The van der Waals surface area contributed by atoms with Gasteiger partial charge in [0.1, 0.15) is 4.75 Å². The number of benzene rings is 1. The van der Waals surface area contributed by atoms with E-state index in [9.17, 15) is 9.66 Å². The molecule has 2 N–H and O–H groups in total. The van der Waals surface area contributed by atoms with Crippen LogP contribution in [0, 0.1) is 11.8 Å². The maximum absolute atomic E-state index is 13.5. The highest BCUT2D eigenvalue weighted by Crippen LogP contribution is 2.47. The summed E-state index contributed by atoms with van der Waals surface area (Å²) in [5.74, 6) is 0.870. The van der Waals surface area contributed by atoms with Gasteiger partial charge in [-0.15, -0.1) is 4.72 Å². The van der Waals surface area contributed by atoms with Crippen molar-refractivity contribution in [2.24, 2.45) is 11.8 Å². The molecule has 0 saturated heterocycles. The average molecular weight is 764 g/mol. The van der Waals surface area contributed by atoms with Crippen LogP contribution in [0.2, 0.25) is 36.3 Å². The third-order valence-electron chi connectivity index (χ3n) is 11.5. The molecule has 2 atom stereocenters. The minimum atomic E-state index is -1.94. The van der Waals surface area contributed by atoms with Crippen LogP contribution in [0.25, 0.3) is 28.0 Å². The molecule has 5 rings (SSSR count). The van der Waals surface area contributed by atoms with Crippen molar-refractivity contribution in [3.05, 3.63) is 72.2 Å². The number of hydrogen-bond donors (Lipinski definition) is 2. The molecule has 3 aromatic heterocycles. The molecule has 0 radical (unpaired) electrons. The largest absolute Gasteiger partial charge is 0.598 e. The molecule has 1 aliphatic rings. The lowest BCUT2D eigenvalue weighted by Gasteiger charge is -2.47. The molecule has 1 aromatic carbocycles. The first kappa shape index (κ1) is 40.8. The number of hydrogen-bond acceptors (Lipinski definition) is 8. The van der Waals surface area contributed by atoms with Crippen LogP contribution >= 0.6 is 0 Å². The Labute approximate surface area is 316 Å². The van der Waals surface area contributed by atoms with E-state index in [0.717, 1.165) is 35.0 Å². The number of aliphatic hydroxyl groups is 1.